The minimum Gasteiger partial charge on any atom is -0.405 e. The van der Waals surface area contributed by atoms with Crippen LogP contribution in [-0.2, 0) is 43.3 Å². The monoisotopic (exact) mass is 743 g/mol. The van der Waals surface area contributed by atoms with Gasteiger partial charge in [0, 0.05) is 0 Å². The summed E-state index contributed by atoms with van der Waals surface area (Å²) in [4.78, 5) is 6.77. The molecule has 54 heavy (non-hydrogen) atoms. The minimum atomic E-state index is -2.87. The van der Waals surface area contributed by atoms with Crippen molar-refractivity contribution in [2.45, 2.75) is 88.6 Å². The molecule has 2 aliphatic heterocycles. The average molecular weight is 744 g/mol. The Balaban J connectivity index is 1.14. The lowest BCUT2D eigenvalue weighted by atomic mass is 10.00. The molecule has 1 N–H and O–H groups in total. The highest BCUT2D eigenvalue weighted by Gasteiger charge is 2.57. The Kier molecular flexibility index (Phi) is 12.5. The number of hydrogen-bond donors (Lipinski definition) is 1. The molecule has 6 atom stereocenters. The second-order valence-corrected chi connectivity index (χ2v) is 19.7. The molecule has 2 fully saturated rings. The first-order chi connectivity index (χ1) is 26.3. The molecule has 2 aliphatic rings. The van der Waals surface area contributed by atoms with E-state index >= 15 is 0 Å². The van der Waals surface area contributed by atoms with Gasteiger partial charge in [0.1, 0.15) is 24.4 Å². The first-order valence-electron chi connectivity index (χ1n) is 19.1. The Morgan fingerprint density at radius 2 is 1.09 bits per heavy atom. The summed E-state index contributed by atoms with van der Waals surface area (Å²) < 4.78 is 27.1. The van der Waals surface area contributed by atoms with Gasteiger partial charge in [0.25, 0.3) is 8.32 Å². The summed E-state index contributed by atoms with van der Waals surface area (Å²) in [7, 11) is -2.87. The molecule has 0 unspecified atom stereocenters. The Labute approximate surface area is 321 Å². The Bertz CT molecular complexity index is 1800. The lowest BCUT2D eigenvalue weighted by molar-refractivity contribution is -0.215. The van der Waals surface area contributed by atoms with Crippen LogP contribution >= 0.6 is 0 Å². The van der Waals surface area contributed by atoms with Crippen LogP contribution in [0.25, 0.3) is 0 Å². The molecule has 2 heterocycles. The average Bonchev–Trinajstić information content (AvgIpc) is 3.75. The predicted molar refractivity (Wildman–Crippen MR) is 215 cm³/mol. The van der Waals surface area contributed by atoms with E-state index in [2.05, 4.69) is 106 Å². The molecule has 7 nitrogen and oxygen atoms in total. The number of hydrogen-bond acceptors (Lipinski definition) is 7. The van der Waals surface area contributed by atoms with Crippen LogP contribution in [0.2, 0.25) is 5.04 Å². The normalized spacial score (nSPS) is 22.3. The second-order valence-electron chi connectivity index (χ2n) is 15.4. The topological polar surface area (TPSA) is 69.6 Å². The Hall–Kier alpha value is -3.96. The highest BCUT2D eigenvalue weighted by atomic mass is 28.4. The van der Waals surface area contributed by atoms with E-state index in [4.69, 9.17) is 23.5 Å². The Morgan fingerprint density at radius 3 is 1.57 bits per heavy atom. The summed E-state index contributed by atoms with van der Waals surface area (Å²) in [5.41, 5.74) is 3.27. The van der Waals surface area contributed by atoms with Crippen molar-refractivity contribution in [3.63, 3.8) is 0 Å². The van der Waals surface area contributed by atoms with Crippen molar-refractivity contribution in [2.75, 3.05) is 13.2 Å². The van der Waals surface area contributed by atoms with Gasteiger partial charge in [-0.2, -0.15) is 5.06 Å². The molecular weight excluding hydrogens is 691 g/mol. The predicted octanol–water partition coefficient (Wildman–Crippen LogP) is 7.07. The van der Waals surface area contributed by atoms with Gasteiger partial charge in [-0.05, 0) is 38.5 Å². The fourth-order valence-electron chi connectivity index (χ4n) is 8.10. The second kappa shape index (κ2) is 17.7. The summed E-state index contributed by atoms with van der Waals surface area (Å²) in [6.07, 6.45) is -1.47. The van der Waals surface area contributed by atoms with Gasteiger partial charge in [0.15, 0.2) is 0 Å². The molecule has 5 aromatic carbocycles. The maximum atomic E-state index is 12.0. The summed E-state index contributed by atoms with van der Waals surface area (Å²) in [5.74, 6) is 0. The first-order valence-corrected chi connectivity index (χ1v) is 21.1. The SMILES string of the molecule is CC(C)(C)[Si](OC[C@H](O)[C@H]1C[C@@H]2[C@@H](OCc3ccccc3)[C@H](OCc3ccccc3)[C@@H](COCc3ccccc3)N2O1)(c1ccccc1)c1ccccc1. The first kappa shape index (κ1) is 38.3. The van der Waals surface area contributed by atoms with Crippen molar-refractivity contribution in [1.82, 2.24) is 5.06 Å². The molecule has 0 saturated carbocycles. The van der Waals surface area contributed by atoms with Crippen LogP contribution in [0, 0.1) is 0 Å². The van der Waals surface area contributed by atoms with E-state index in [-0.39, 0.29) is 35.9 Å². The molecule has 0 amide bonds. The number of ether oxygens (including phenoxy) is 3. The van der Waals surface area contributed by atoms with Crippen molar-refractivity contribution in [3.05, 3.63) is 168 Å². The standard InChI is InChI=1S/C46H53NO6Si/c1-46(2,3)54(38-25-15-7-16-26-38,39-27-17-8-18-28-39)52-34-42(48)43-29-40-44(50-31-36-21-11-5-12-22-36)45(51-32-37-23-13-6-14-24-37)41(47(40)53-43)33-49-30-35-19-9-4-10-20-35/h4-28,40-45,48H,29-34H2,1-3H3/t40-,41-,42+,43-,44-,45-/m1/s1. The third-order valence-electron chi connectivity index (χ3n) is 10.8. The highest BCUT2D eigenvalue weighted by molar-refractivity contribution is 6.99. The largest absolute Gasteiger partial charge is 0.405 e. The van der Waals surface area contributed by atoms with Crippen LogP contribution in [0.3, 0.4) is 0 Å². The fraction of sp³-hybridized carbons (Fsp3) is 0.348. The third-order valence-corrected chi connectivity index (χ3v) is 15.8. The van der Waals surface area contributed by atoms with Crippen molar-refractivity contribution < 1.29 is 28.6 Å². The van der Waals surface area contributed by atoms with Crippen LogP contribution in [0.4, 0.5) is 0 Å². The molecule has 282 valence electrons. The molecule has 0 aromatic heterocycles. The van der Waals surface area contributed by atoms with E-state index in [0.29, 0.717) is 32.8 Å². The van der Waals surface area contributed by atoms with Crippen LogP contribution in [0.1, 0.15) is 43.9 Å². The fourth-order valence-corrected chi connectivity index (χ4v) is 12.7. The van der Waals surface area contributed by atoms with Gasteiger partial charge in [-0.15, -0.1) is 0 Å². The summed E-state index contributed by atoms with van der Waals surface area (Å²) in [6.45, 7) is 8.59. The highest BCUT2D eigenvalue weighted by Crippen LogP contribution is 2.41. The number of fused-ring (bicyclic) bond motifs is 1. The molecule has 0 bridgehead atoms. The lowest BCUT2D eigenvalue weighted by Crippen LogP contribution is -2.67. The third kappa shape index (κ3) is 8.62. The summed E-state index contributed by atoms with van der Waals surface area (Å²) in [5, 5.41) is 16.1. The van der Waals surface area contributed by atoms with E-state index in [1.165, 1.54) is 10.4 Å². The van der Waals surface area contributed by atoms with E-state index in [0.717, 1.165) is 16.7 Å². The molecule has 5 aromatic rings. The van der Waals surface area contributed by atoms with Gasteiger partial charge in [-0.1, -0.05) is 172 Å². The van der Waals surface area contributed by atoms with Crippen LogP contribution in [0.15, 0.2) is 152 Å². The summed E-state index contributed by atoms with van der Waals surface area (Å²) in [6, 6.07) is 51.3. The van der Waals surface area contributed by atoms with E-state index in [1.807, 2.05) is 71.8 Å². The maximum absolute atomic E-state index is 12.0. The minimum absolute atomic E-state index is 0.136. The van der Waals surface area contributed by atoms with Crippen molar-refractivity contribution >= 4 is 18.7 Å². The number of aliphatic hydroxyl groups is 1. The Morgan fingerprint density at radius 1 is 0.648 bits per heavy atom. The van der Waals surface area contributed by atoms with Gasteiger partial charge >= 0.3 is 0 Å². The molecule has 2 saturated heterocycles. The number of benzene rings is 5. The zero-order valence-electron chi connectivity index (χ0n) is 31.6. The molecule has 8 heteroatoms. The molecule has 0 aliphatic carbocycles. The van der Waals surface area contributed by atoms with E-state index in [1.54, 1.807) is 0 Å². The molecular formula is C46H53NO6Si. The van der Waals surface area contributed by atoms with Crippen molar-refractivity contribution in [2.24, 2.45) is 0 Å². The van der Waals surface area contributed by atoms with E-state index in [9.17, 15) is 5.11 Å². The van der Waals surface area contributed by atoms with Crippen LogP contribution in [-0.4, -0.2) is 68.2 Å². The van der Waals surface area contributed by atoms with Crippen molar-refractivity contribution in [3.8, 4) is 0 Å². The number of rotatable bonds is 16. The van der Waals surface area contributed by atoms with Gasteiger partial charge in [0.2, 0.25) is 0 Å². The summed E-state index contributed by atoms with van der Waals surface area (Å²) >= 11 is 0. The van der Waals surface area contributed by atoms with Crippen molar-refractivity contribution in [1.29, 1.82) is 0 Å². The molecule has 7 rings (SSSR count). The van der Waals surface area contributed by atoms with Gasteiger partial charge in [0.05, 0.1) is 45.1 Å². The number of aliphatic hydroxyl groups excluding tert-OH is 1. The number of nitrogens with zero attached hydrogens (tertiary/aromatic N) is 1. The van der Waals surface area contributed by atoms with Crippen LogP contribution < -0.4 is 10.4 Å². The maximum Gasteiger partial charge on any atom is 0.261 e. The quantitative estimate of drug-likeness (QED) is 0.109. The zero-order valence-corrected chi connectivity index (χ0v) is 32.6. The van der Waals surface area contributed by atoms with Gasteiger partial charge < -0.3 is 23.7 Å². The lowest BCUT2D eigenvalue weighted by Gasteiger charge is -2.43. The van der Waals surface area contributed by atoms with Crippen LogP contribution in [0.5, 0.6) is 0 Å². The molecule has 0 radical (unpaired) electrons. The number of hydroxylamine groups is 2. The molecule has 0 spiro atoms. The van der Waals surface area contributed by atoms with E-state index < -0.39 is 20.5 Å². The smallest absolute Gasteiger partial charge is 0.261 e. The zero-order chi connectivity index (χ0) is 37.4. The van der Waals surface area contributed by atoms with Gasteiger partial charge in [-0.25, -0.2) is 0 Å². The van der Waals surface area contributed by atoms with Gasteiger partial charge in [-0.3, -0.25) is 4.84 Å².